The van der Waals surface area contributed by atoms with Crippen molar-refractivity contribution in [3.63, 3.8) is 0 Å². The summed E-state index contributed by atoms with van der Waals surface area (Å²) in [5.41, 5.74) is 4.17. The number of hydrogen-bond acceptors (Lipinski definition) is 2. The van der Waals surface area contributed by atoms with Crippen LogP contribution in [0.2, 0.25) is 0 Å². The van der Waals surface area contributed by atoms with E-state index in [1.54, 1.807) is 7.11 Å². The molecule has 0 spiro atoms. The number of nitrogens with one attached hydrogen (secondary N) is 1. The van der Waals surface area contributed by atoms with Crippen molar-refractivity contribution in [1.29, 1.82) is 0 Å². The molecule has 0 aliphatic carbocycles. The highest BCUT2D eigenvalue weighted by Gasteiger charge is 2.15. The highest BCUT2D eigenvalue weighted by atomic mass is 16.5. The lowest BCUT2D eigenvalue weighted by atomic mass is 9.89. The molecule has 1 N–H and O–H groups in total. The molecule has 1 aliphatic rings. The fourth-order valence-corrected chi connectivity index (χ4v) is 2.70. The van der Waals surface area contributed by atoms with Gasteiger partial charge in [-0.15, -0.1) is 0 Å². The maximum Gasteiger partial charge on any atom is 0.122 e. The topological polar surface area (TPSA) is 21.3 Å². The van der Waals surface area contributed by atoms with Gasteiger partial charge >= 0.3 is 0 Å². The second kappa shape index (κ2) is 5.54. The van der Waals surface area contributed by atoms with Crippen LogP contribution < -0.4 is 10.1 Å². The zero-order valence-corrected chi connectivity index (χ0v) is 11.2. The fourth-order valence-electron chi connectivity index (χ4n) is 2.70. The minimum atomic E-state index is 0.801. The molecule has 0 aromatic heterocycles. The van der Waals surface area contributed by atoms with Gasteiger partial charge in [0.1, 0.15) is 5.75 Å². The Morgan fingerprint density at radius 2 is 2.12 bits per heavy atom. The van der Waals surface area contributed by atoms with Crippen LogP contribution in [0.5, 0.6) is 5.75 Å². The molecule has 2 nitrogen and oxygen atoms in total. The molecule has 0 saturated carbocycles. The van der Waals surface area contributed by atoms with Crippen LogP contribution in [0.1, 0.15) is 29.5 Å². The fraction of sp³-hybridized carbons (Fsp3) is 0.600. The van der Waals surface area contributed by atoms with E-state index >= 15 is 0 Å². The summed E-state index contributed by atoms with van der Waals surface area (Å²) in [6, 6.07) is 4.34. The molecule has 0 amide bonds. The predicted octanol–water partition coefficient (Wildman–Crippen LogP) is 2.85. The Balaban J connectivity index is 2.12. The van der Waals surface area contributed by atoms with E-state index in [4.69, 9.17) is 4.74 Å². The monoisotopic (exact) mass is 233 g/mol. The molecule has 0 bridgehead atoms. The first-order valence-corrected chi connectivity index (χ1v) is 6.56. The van der Waals surface area contributed by atoms with Crippen LogP contribution in [0.4, 0.5) is 0 Å². The molecule has 1 unspecified atom stereocenters. The quantitative estimate of drug-likeness (QED) is 0.867. The van der Waals surface area contributed by atoms with E-state index in [-0.39, 0.29) is 0 Å². The molecular formula is C15H23NO. The molecule has 1 aromatic rings. The SMILES string of the molecule is COc1ccc(CC2CCCNC2)c(C)c1C. The lowest BCUT2D eigenvalue weighted by molar-refractivity contribution is 0.375. The average Bonchev–Trinajstić information content (AvgIpc) is 2.37. The summed E-state index contributed by atoms with van der Waals surface area (Å²) in [5, 5.41) is 3.49. The maximum absolute atomic E-state index is 5.36. The van der Waals surface area contributed by atoms with Crippen molar-refractivity contribution in [3.05, 3.63) is 28.8 Å². The van der Waals surface area contributed by atoms with E-state index < -0.39 is 0 Å². The van der Waals surface area contributed by atoms with Crippen molar-refractivity contribution in [2.75, 3.05) is 20.2 Å². The highest BCUT2D eigenvalue weighted by Crippen LogP contribution is 2.26. The molecule has 17 heavy (non-hydrogen) atoms. The van der Waals surface area contributed by atoms with Crippen LogP contribution in [0.3, 0.4) is 0 Å². The molecule has 1 heterocycles. The number of piperidine rings is 1. The Labute approximate surface area is 104 Å². The third-order valence-corrected chi connectivity index (χ3v) is 3.98. The van der Waals surface area contributed by atoms with Gasteiger partial charge in [0.25, 0.3) is 0 Å². The van der Waals surface area contributed by atoms with Crippen LogP contribution in [0.25, 0.3) is 0 Å². The van der Waals surface area contributed by atoms with E-state index in [2.05, 4.69) is 31.3 Å². The molecule has 94 valence electrons. The maximum atomic E-state index is 5.36. The molecule has 1 atom stereocenters. The summed E-state index contributed by atoms with van der Waals surface area (Å²) >= 11 is 0. The first-order valence-electron chi connectivity index (χ1n) is 6.56. The number of methoxy groups -OCH3 is 1. The van der Waals surface area contributed by atoms with Crippen LogP contribution in [-0.2, 0) is 6.42 Å². The lowest BCUT2D eigenvalue weighted by Gasteiger charge is -2.24. The smallest absolute Gasteiger partial charge is 0.122 e. The van der Waals surface area contributed by atoms with Crippen molar-refractivity contribution < 1.29 is 4.74 Å². The van der Waals surface area contributed by atoms with Crippen LogP contribution in [-0.4, -0.2) is 20.2 Å². The largest absolute Gasteiger partial charge is 0.496 e. The standard InChI is InChI=1S/C15H23NO/c1-11-12(2)15(17-3)7-6-14(11)9-13-5-4-8-16-10-13/h6-7,13,16H,4-5,8-10H2,1-3H3. The van der Waals surface area contributed by atoms with Crippen molar-refractivity contribution in [2.24, 2.45) is 5.92 Å². The Bertz CT molecular complexity index is 381. The van der Waals surface area contributed by atoms with Gasteiger partial charge in [-0.1, -0.05) is 6.07 Å². The van der Waals surface area contributed by atoms with Crippen LogP contribution in [0, 0.1) is 19.8 Å². The first-order chi connectivity index (χ1) is 8.22. The number of rotatable bonds is 3. The van der Waals surface area contributed by atoms with Gasteiger partial charge in [0, 0.05) is 0 Å². The van der Waals surface area contributed by atoms with Crippen molar-refractivity contribution >= 4 is 0 Å². The Morgan fingerprint density at radius 1 is 1.29 bits per heavy atom. The van der Waals surface area contributed by atoms with Crippen molar-refractivity contribution in [3.8, 4) is 5.75 Å². The van der Waals surface area contributed by atoms with Crippen LogP contribution >= 0.6 is 0 Å². The number of hydrogen-bond donors (Lipinski definition) is 1. The Hall–Kier alpha value is -1.02. The first kappa shape index (κ1) is 12.4. The molecular weight excluding hydrogens is 210 g/mol. The summed E-state index contributed by atoms with van der Waals surface area (Å²) in [7, 11) is 1.74. The highest BCUT2D eigenvalue weighted by molar-refractivity contribution is 5.43. The van der Waals surface area contributed by atoms with E-state index in [1.165, 1.54) is 49.0 Å². The predicted molar refractivity (Wildman–Crippen MR) is 71.8 cm³/mol. The van der Waals surface area contributed by atoms with E-state index in [0.29, 0.717) is 0 Å². The minimum Gasteiger partial charge on any atom is -0.496 e. The van der Waals surface area contributed by atoms with Crippen molar-refractivity contribution in [1.82, 2.24) is 5.32 Å². The van der Waals surface area contributed by atoms with Gasteiger partial charge in [0.2, 0.25) is 0 Å². The van der Waals surface area contributed by atoms with Gasteiger partial charge in [-0.25, -0.2) is 0 Å². The second-order valence-electron chi connectivity index (χ2n) is 5.09. The third-order valence-electron chi connectivity index (χ3n) is 3.98. The van der Waals surface area contributed by atoms with Gasteiger partial charge in [0.15, 0.2) is 0 Å². The van der Waals surface area contributed by atoms with Gasteiger partial charge in [-0.2, -0.15) is 0 Å². The number of benzene rings is 1. The van der Waals surface area contributed by atoms with E-state index in [0.717, 1.165) is 11.7 Å². The normalized spacial score (nSPS) is 20.3. The Kier molecular flexibility index (Phi) is 4.06. The third kappa shape index (κ3) is 2.81. The molecule has 2 heteroatoms. The van der Waals surface area contributed by atoms with Gasteiger partial charge in [0.05, 0.1) is 7.11 Å². The zero-order valence-electron chi connectivity index (χ0n) is 11.2. The minimum absolute atomic E-state index is 0.801. The molecule has 1 saturated heterocycles. The number of ether oxygens (including phenoxy) is 1. The van der Waals surface area contributed by atoms with Crippen molar-refractivity contribution in [2.45, 2.75) is 33.1 Å². The lowest BCUT2D eigenvalue weighted by Crippen LogP contribution is -2.31. The van der Waals surface area contributed by atoms with Gasteiger partial charge in [-0.05, 0) is 74.9 Å². The van der Waals surface area contributed by atoms with E-state index in [9.17, 15) is 0 Å². The average molecular weight is 233 g/mol. The zero-order chi connectivity index (χ0) is 12.3. The summed E-state index contributed by atoms with van der Waals surface area (Å²) in [5.74, 6) is 1.81. The molecule has 1 fully saturated rings. The summed E-state index contributed by atoms with van der Waals surface area (Å²) in [4.78, 5) is 0. The molecule has 0 radical (unpaired) electrons. The van der Waals surface area contributed by atoms with Gasteiger partial charge in [-0.3, -0.25) is 0 Å². The molecule has 1 aliphatic heterocycles. The molecule has 1 aromatic carbocycles. The summed E-state index contributed by atoms with van der Waals surface area (Å²) < 4.78 is 5.36. The van der Waals surface area contributed by atoms with E-state index in [1.807, 2.05) is 0 Å². The second-order valence-corrected chi connectivity index (χ2v) is 5.09. The Morgan fingerprint density at radius 3 is 2.76 bits per heavy atom. The summed E-state index contributed by atoms with van der Waals surface area (Å²) in [6.07, 6.45) is 3.88. The molecule has 2 rings (SSSR count). The summed E-state index contributed by atoms with van der Waals surface area (Å²) in [6.45, 7) is 6.72. The van der Waals surface area contributed by atoms with Crippen LogP contribution in [0.15, 0.2) is 12.1 Å². The van der Waals surface area contributed by atoms with Gasteiger partial charge < -0.3 is 10.1 Å².